The van der Waals surface area contributed by atoms with Crippen molar-refractivity contribution in [3.8, 4) is 0 Å². The molecule has 0 bridgehead atoms. The fourth-order valence-corrected chi connectivity index (χ4v) is 4.62. The molecular weight excluding hydrogens is 384 g/mol. The van der Waals surface area contributed by atoms with Crippen LogP contribution < -0.4 is 10.5 Å². The van der Waals surface area contributed by atoms with Crippen molar-refractivity contribution in [2.75, 3.05) is 26.2 Å². The molecule has 156 valence electrons. The van der Waals surface area contributed by atoms with Gasteiger partial charge in [0.2, 0.25) is 5.91 Å². The minimum Gasteiger partial charge on any atom is -0.348 e. The number of nitrogens with zero attached hydrogens (tertiary/aromatic N) is 4. The van der Waals surface area contributed by atoms with E-state index in [9.17, 15) is 18.0 Å². The number of piperazine rings is 1. The van der Waals surface area contributed by atoms with Gasteiger partial charge < -0.3 is 10.2 Å². The Morgan fingerprint density at radius 3 is 2.39 bits per heavy atom. The first-order chi connectivity index (χ1) is 13.3. The van der Waals surface area contributed by atoms with Crippen LogP contribution in [0.25, 0.3) is 0 Å². The molecule has 1 aliphatic heterocycles. The zero-order valence-electron chi connectivity index (χ0n) is 16.1. The third kappa shape index (κ3) is 4.70. The number of carbonyl (C=O) groups excluding carboxylic acids is 2. The molecule has 2 aliphatic rings. The van der Waals surface area contributed by atoms with Crippen LogP contribution in [0.3, 0.4) is 0 Å². The third-order valence-corrected chi connectivity index (χ3v) is 6.66. The summed E-state index contributed by atoms with van der Waals surface area (Å²) >= 11 is 0. The Balaban J connectivity index is 1.46. The Bertz CT molecular complexity index is 807. The van der Waals surface area contributed by atoms with E-state index in [1.165, 1.54) is 4.31 Å². The molecule has 0 spiro atoms. The predicted octanol–water partition coefficient (Wildman–Crippen LogP) is -0.461. The van der Waals surface area contributed by atoms with E-state index < -0.39 is 10.2 Å². The molecule has 0 radical (unpaired) electrons. The minimum absolute atomic E-state index is 0.0518. The van der Waals surface area contributed by atoms with E-state index in [1.54, 1.807) is 21.8 Å². The van der Waals surface area contributed by atoms with Crippen molar-refractivity contribution in [2.45, 2.75) is 45.2 Å². The van der Waals surface area contributed by atoms with Crippen LogP contribution >= 0.6 is 0 Å². The Hall–Kier alpha value is -1.98. The highest BCUT2D eigenvalue weighted by Crippen LogP contribution is 2.27. The lowest BCUT2D eigenvalue weighted by molar-refractivity contribution is -0.137. The number of amides is 2. The quantitative estimate of drug-likeness (QED) is 0.676. The molecule has 1 saturated carbocycles. The number of hydrogen-bond acceptors (Lipinski definition) is 5. The summed E-state index contributed by atoms with van der Waals surface area (Å²) in [5, 5.41) is 12.3. The van der Waals surface area contributed by atoms with Crippen LogP contribution in [0.5, 0.6) is 0 Å². The molecule has 0 aromatic carbocycles. The summed E-state index contributed by atoms with van der Waals surface area (Å²) in [6.45, 7) is 3.78. The topological polar surface area (TPSA) is 131 Å². The van der Waals surface area contributed by atoms with Crippen LogP contribution in [0.1, 0.15) is 43.1 Å². The molecule has 3 rings (SSSR count). The lowest BCUT2D eigenvalue weighted by Crippen LogP contribution is -2.53. The summed E-state index contributed by atoms with van der Waals surface area (Å²) in [5.74, 6) is -0.133. The van der Waals surface area contributed by atoms with Crippen molar-refractivity contribution in [1.29, 1.82) is 0 Å². The first kappa shape index (κ1) is 20.7. The smallest absolute Gasteiger partial charge is 0.277 e. The second-order valence-corrected chi connectivity index (χ2v) is 8.87. The summed E-state index contributed by atoms with van der Waals surface area (Å²) in [6, 6.07) is 1.76. The molecule has 1 aliphatic carbocycles. The molecule has 28 heavy (non-hydrogen) atoms. The molecule has 2 heterocycles. The number of nitrogens with two attached hydrogens (primary N) is 1. The van der Waals surface area contributed by atoms with Crippen molar-refractivity contribution < 1.29 is 18.0 Å². The van der Waals surface area contributed by atoms with Gasteiger partial charge in [0.05, 0.1) is 0 Å². The summed E-state index contributed by atoms with van der Waals surface area (Å²) in [6.07, 6.45) is 4.54. The zero-order chi connectivity index (χ0) is 20.3. The largest absolute Gasteiger partial charge is 0.348 e. The van der Waals surface area contributed by atoms with Crippen molar-refractivity contribution >= 4 is 22.0 Å². The molecule has 10 nitrogen and oxygen atoms in total. The van der Waals surface area contributed by atoms with Gasteiger partial charge in [-0.1, -0.05) is 0 Å². The van der Waals surface area contributed by atoms with Crippen molar-refractivity contribution in [1.82, 2.24) is 24.3 Å². The van der Waals surface area contributed by atoms with E-state index in [4.69, 9.17) is 5.14 Å². The van der Waals surface area contributed by atoms with E-state index in [0.717, 1.165) is 12.8 Å². The lowest BCUT2D eigenvalue weighted by atomic mass is 9.85. The summed E-state index contributed by atoms with van der Waals surface area (Å²) in [5.41, 5.74) is 0.549. The van der Waals surface area contributed by atoms with Gasteiger partial charge in [-0.25, -0.2) is 5.14 Å². The number of carbonyl (C=O) groups is 2. The Morgan fingerprint density at radius 2 is 1.82 bits per heavy atom. The van der Waals surface area contributed by atoms with Crippen LogP contribution in [0.15, 0.2) is 12.3 Å². The molecular formula is C17H28N6O4S. The molecule has 2 fully saturated rings. The number of aromatic nitrogens is 2. The predicted molar refractivity (Wildman–Crippen MR) is 102 cm³/mol. The third-order valence-electron chi connectivity index (χ3n) is 5.57. The molecule has 0 atom stereocenters. The number of rotatable bonds is 5. The van der Waals surface area contributed by atoms with E-state index in [2.05, 4.69) is 10.4 Å². The van der Waals surface area contributed by atoms with Crippen LogP contribution in [-0.4, -0.2) is 71.4 Å². The highest BCUT2D eigenvalue weighted by Gasteiger charge is 2.33. The molecule has 1 aromatic heterocycles. The number of aryl methyl sites for hydroxylation is 1. The standard InChI is InChI=1S/C17H28N6O4S/c1-2-23-15(7-8-19-23)16(24)20-14-5-3-13(4-6-14)17(25)21-9-11-22(12-10-21)28(18,26)27/h7-8,13-14H,2-6,9-12H2,1H3,(H,20,24)(H2,18,26,27). The molecule has 3 N–H and O–H groups in total. The van der Waals surface area contributed by atoms with Crippen LogP contribution in [0.2, 0.25) is 0 Å². The minimum atomic E-state index is -3.69. The monoisotopic (exact) mass is 412 g/mol. The summed E-state index contributed by atoms with van der Waals surface area (Å²) in [7, 11) is -3.69. The average molecular weight is 413 g/mol. The number of nitrogens with one attached hydrogen (secondary N) is 1. The molecule has 0 unspecified atom stereocenters. The maximum atomic E-state index is 12.7. The highest BCUT2D eigenvalue weighted by molar-refractivity contribution is 7.86. The maximum absolute atomic E-state index is 12.7. The van der Waals surface area contributed by atoms with Gasteiger partial charge >= 0.3 is 0 Å². The SMILES string of the molecule is CCn1nccc1C(=O)NC1CCC(C(=O)N2CCN(S(N)(=O)=O)CC2)CC1. The van der Waals surface area contributed by atoms with Gasteiger partial charge in [-0.15, -0.1) is 0 Å². The Labute approximate surface area is 165 Å². The van der Waals surface area contributed by atoms with Crippen molar-refractivity contribution in [3.63, 3.8) is 0 Å². The first-order valence-corrected chi connectivity index (χ1v) is 11.2. The van der Waals surface area contributed by atoms with E-state index in [0.29, 0.717) is 38.2 Å². The fraction of sp³-hybridized carbons (Fsp3) is 0.706. The van der Waals surface area contributed by atoms with Gasteiger partial charge in [0.25, 0.3) is 16.1 Å². The Morgan fingerprint density at radius 1 is 1.18 bits per heavy atom. The number of hydrogen-bond donors (Lipinski definition) is 2. The molecule has 1 aromatic rings. The zero-order valence-corrected chi connectivity index (χ0v) is 16.9. The molecule has 11 heteroatoms. The molecule has 1 saturated heterocycles. The van der Waals surface area contributed by atoms with E-state index in [1.807, 2.05) is 6.92 Å². The summed E-state index contributed by atoms with van der Waals surface area (Å²) in [4.78, 5) is 26.9. The van der Waals surface area contributed by atoms with Crippen molar-refractivity contribution in [3.05, 3.63) is 18.0 Å². The van der Waals surface area contributed by atoms with Crippen LogP contribution in [0, 0.1) is 5.92 Å². The van der Waals surface area contributed by atoms with E-state index in [-0.39, 0.29) is 36.9 Å². The maximum Gasteiger partial charge on any atom is 0.277 e. The van der Waals surface area contributed by atoms with Gasteiger partial charge in [-0.05, 0) is 38.7 Å². The van der Waals surface area contributed by atoms with Gasteiger partial charge in [0.1, 0.15) is 5.69 Å². The lowest BCUT2D eigenvalue weighted by Gasteiger charge is -2.36. The van der Waals surface area contributed by atoms with E-state index >= 15 is 0 Å². The van der Waals surface area contributed by atoms with Gasteiger partial charge in [-0.3, -0.25) is 14.3 Å². The average Bonchev–Trinajstić information content (AvgIpc) is 3.16. The summed E-state index contributed by atoms with van der Waals surface area (Å²) < 4.78 is 25.6. The second-order valence-electron chi connectivity index (χ2n) is 7.32. The van der Waals surface area contributed by atoms with Gasteiger partial charge in [0, 0.05) is 50.9 Å². The van der Waals surface area contributed by atoms with Crippen LogP contribution in [-0.2, 0) is 21.5 Å². The van der Waals surface area contributed by atoms with Crippen LogP contribution in [0.4, 0.5) is 0 Å². The second kappa shape index (κ2) is 8.58. The highest BCUT2D eigenvalue weighted by atomic mass is 32.2. The Kier molecular flexibility index (Phi) is 6.36. The fourth-order valence-electron chi connectivity index (χ4n) is 3.94. The normalized spacial score (nSPS) is 24.1. The van der Waals surface area contributed by atoms with Gasteiger partial charge in [-0.2, -0.15) is 17.8 Å². The molecule has 2 amide bonds. The van der Waals surface area contributed by atoms with Crippen molar-refractivity contribution in [2.24, 2.45) is 11.1 Å². The first-order valence-electron chi connectivity index (χ1n) is 9.69. The van der Waals surface area contributed by atoms with Gasteiger partial charge in [0.15, 0.2) is 0 Å².